The van der Waals surface area contributed by atoms with E-state index in [1.54, 1.807) is 6.20 Å². The monoisotopic (exact) mass is 227 g/mol. The van der Waals surface area contributed by atoms with Crippen molar-refractivity contribution >= 4 is 22.5 Å². The highest BCUT2D eigenvalue weighted by molar-refractivity contribution is 6.10. The molecule has 4 heteroatoms. The lowest BCUT2D eigenvalue weighted by Gasteiger charge is -2.09. The van der Waals surface area contributed by atoms with E-state index >= 15 is 0 Å². The highest BCUT2D eigenvalue weighted by Gasteiger charge is 2.30. The molecule has 1 aliphatic rings. The van der Waals surface area contributed by atoms with E-state index in [-0.39, 0.29) is 11.9 Å². The van der Waals surface area contributed by atoms with Crippen molar-refractivity contribution in [3.63, 3.8) is 0 Å². The Morgan fingerprint density at radius 2 is 2.29 bits per heavy atom. The zero-order valence-electron chi connectivity index (χ0n) is 9.53. The highest BCUT2D eigenvalue weighted by Crippen LogP contribution is 2.36. The lowest BCUT2D eigenvalue weighted by atomic mass is 10.0. The van der Waals surface area contributed by atoms with E-state index in [2.05, 4.69) is 15.6 Å². The number of nitrogens with one attached hydrogen (secondary N) is 2. The van der Waals surface area contributed by atoms with Crippen molar-refractivity contribution in [1.29, 1.82) is 0 Å². The molecule has 0 aliphatic carbocycles. The second-order valence-corrected chi connectivity index (χ2v) is 4.08. The largest absolute Gasteiger partial charge is 0.323 e. The Balaban J connectivity index is 2.20. The highest BCUT2D eigenvalue weighted by atomic mass is 16.2. The van der Waals surface area contributed by atoms with Gasteiger partial charge in [-0.1, -0.05) is 13.0 Å². The van der Waals surface area contributed by atoms with Gasteiger partial charge >= 0.3 is 0 Å². The van der Waals surface area contributed by atoms with Crippen molar-refractivity contribution in [1.82, 2.24) is 10.3 Å². The molecular formula is C13H13N3O. The maximum Gasteiger partial charge on any atom is 0.246 e. The lowest BCUT2D eigenvalue weighted by molar-refractivity contribution is -0.117. The molecular weight excluding hydrogens is 214 g/mol. The van der Waals surface area contributed by atoms with Gasteiger partial charge in [0.25, 0.3) is 0 Å². The topological polar surface area (TPSA) is 54.0 Å². The molecule has 0 fully saturated rings. The molecule has 86 valence electrons. The minimum atomic E-state index is -0.236. The molecule has 0 radical (unpaired) electrons. The molecule has 4 nitrogen and oxygen atoms in total. The van der Waals surface area contributed by atoms with Gasteiger partial charge in [0, 0.05) is 17.1 Å². The molecule has 1 amide bonds. The number of carbonyl (C=O) groups excluding carboxylic acids is 1. The number of hydrogen-bond acceptors (Lipinski definition) is 3. The van der Waals surface area contributed by atoms with Gasteiger partial charge in [-0.05, 0) is 24.7 Å². The van der Waals surface area contributed by atoms with E-state index in [4.69, 9.17) is 0 Å². The molecule has 2 heterocycles. The average Bonchev–Trinajstić information content (AvgIpc) is 2.67. The Morgan fingerprint density at radius 3 is 3.12 bits per heavy atom. The minimum Gasteiger partial charge on any atom is -0.323 e. The molecule has 1 aromatic carbocycles. The fourth-order valence-corrected chi connectivity index (χ4v) is 2.29. The summed E-state index contributed by atoms with van der Waals surface area (Å²) in [7, 11) is 0. The number of rotatable bonds is 2. The Labute approximate surface area is 99.0 Å². The maximum atomic E-state index is 11.9. The first-order chi connectivity index (χ1) is 8.31. The van der Waals surface area contributed by atoms with Crippen LogP contribution in [0.1, 0.15) is 18.5 Å². The number of pyridine rings is 1. The second-order valence-electron chi connectivity index (χ2n) is 4.08. The predicted molar refractivity (Wildman–Crippen MR) is 66.8 cm³/mol. The number of benzene rings is 1. The van der Waals surface area contributed by atoms with Crippen LogP contribution in [0.5, 0.6) is 0 Å². The minimum absolute atomic E-state index is 0.0122. The van der Waals surface area contributed by atoms with Crippen molar-refractivity contribution < 1.29 is 4.79 Å². The van der Waals surface area contributed by atoms with Crippen molar-refractivity contribution in [3.05, 3.63) is 36.0 Å². The van der Waals surface area contributed by atoms with E-state index < -0.39 is 0 Å². The molecule has 0 saturated carbocycles. The van der Waals surface area contributed by atoms with Gasteiger partial charge < -0.3 is 10.6 Å². The Hall–Kier alpha value is -1.94. The molecule has 1 atom stereocenters. The van der Waals surface area contributed by atoms with Gasteiger partial charge in [-0.15, -0.1) is 0 Å². The summed E-state index contributed by atoms with van der Waals surface area (Å²) >= 11 is 0. The summed E-state index contributed by atoms with van der Waals surface area (Å²) in [4.78, 5) is 16.2. The lowest BCUT2D eigenvalue weighted by Crippen LogP contribution is -2.27. The normalized spacial score (nSPS) is 18.2. The van der Waals surface area contributed by atoms with Crippen LogP contribution in [0.2, 0.25) is 0 Å². The molecule has 1 unspecified atom stereocenters. The third-order valence-corrected chi connectivity index (χ3v) is 3.05. The number of likely N-dealkylation sites (N-methyl/N-ethyl adjacent to an activating group) is 1. The van der Waals surface area contributed by atoms with Crippen LogP contribution in [0.25, 0.3) is 10.9 Å². The van der Waals surface area contributed by atoms with Crippen LogP contribution in [0.15, 0.2) is 30.5 Å². The molecule has 17 heavy (non-hydrogen) atoms. The second kappa shape index (κ2) is 3.82. The van der Waals surface area contributed by atoms with Crippen LogP contribution in [0.4, 0.5) is 5.69 Å². The number of aromatic nitrogens is 1. The molecule has 0 bridgehead atoms. The first-order valence-electron chi connectivity index (χ1n) is 5.73. The summed E-state index contributed by atoms with van der Waals surface area (Å²) in [5, 5.41) is 7.12. The Bertz CT molecular complexity index is 594. The first-order valence-corrected chi connectivity index (χ1v) is 5.73. The van der Waals surface area contributed by atoms with Crippen molar-refractivity contribution in [3.8, 4) is 0 Å². The van der Waals surface area contributed by atoms with Gasteiger partial charge in [-0.25, -0.2) is 0 Å². The predicted octanol–water partition coefficient (Wildman–Crippen LogP) is 1.84. The maximum absolute atomic E-state index is 11.9. The fourth-order valence-electron chi connectivity index (χ4n) is 2.29. The van der Waals surface area contributed by atoms with E-state index in [1.165, 1.54) is 0 Å². The van der Waals surface area contributed by atoms with Crippen LogP contribution < -0.4 is 10.6 Å². The number of nitrogens with zero attached hydrogens (tertiary/aromatic N) is 1. The SMILES string of the molecule is CCNC1C(=O)Nc2c1ccc1ncccc21. The first kappa shape index (κ1) is 10.2. The van der Waals surface area contributed by atoms with E-state index in [1.807, 2.05) is 31.2 Å². The van der Waals surface area contributed by atoms with Crippen LogP contribution >= 0.6 is 0 Å². The fraction of sp³-hybridized carbons (Fsp3) is 0.231. The third kappa shape index (κ3) is 1.49. The van der Waals surface area contributed by atoms with Crippen LogP contribution in [-0.2, 0) is 4.79 Å². The number of carbonyl (C=O) groups is 1. The summed E-state index contributed by atoms with van der Waals surface area (Å²) in [6, 6.07) is 7.55. The van der Waals surface area contributed by atoms with Crippen molar-refractivity contribution in [2.45, 2.75) is 13.0 Å². The van der Waals surface area contributed by atoms with Gasteiger partial charge in [0.2, 0.25) is 5.91 Å². The van der Waals surface area contributed by atoms with Gasteiger partial charge in [0.05, 0.1) is 11.2 Å². The van der Waals surface area contributed by atoms with Crippen LogP contribution in [0.3, 0.4) is 0 Å². The van der Waals surface area contributed by atoms with Gasteiger partial charge in [0.1, 0.15) is 6.04 Å². The summed E-state index contributed by atoms with van der Waals surface area (Å²) in [6.45, 7) is 2.76. The Morgan fingerprint density at radius 1 is 1.41 bits per heavy atom. The van der Waals surface area contributed by atoms with E-state index in [0.717, 1.165) is 28.7 Å². The Kier molecular flexibility index (Phi) is 2.30. The van der Waals surface area contributed by atoms with Gasteiger partial charge in [-0.2, -0.15) is 0 Å². The quantitative estimate of drug-likeness (QED) is 0.823. The molecule has 2 N–H and O–H groups in total. The van der Waals surface area contributed by atoms with E-state index in [9.17, 15) is 4.79 Å². The summed E-state index contributed by atoms with van der Waals surface area (Å²) in [5.41, 5.74) is 2.81. The summed E-state index contributed by atoms with van der Waals surface area (Å²) in [5.74, 6) is 0.0122. The zero-order valence-corrected chi connectivity index (χ0v) is 9.53. The average molecular weight is 227 g/mol. The smallest absolute Gasteiger partial charge is 0.246 e. The van der Waals surface area contributed by atoms with Gasteiger partial charge in [-0.3, -0.25) is 9.78 Å². The van der Waals surface area contributed by atoms with E-state index in [0.29, 0.717) is 0 Å². The molecule has 3 rings (SSSR count). The van der Waals surface area contributed by atoms with Crippen molar-refractivity contribution in [2.24, 2.45) is 0 Å². The molecule has 1 aromatic heterocycles. The number of anilines is 1. The van der Waals surface area contributed by atoms with Crippen LogP contribution in [0, 0.1) is 0 Å². The van der Waals surface area contributed by atoms with Crippen molar-refractivity contribution in [2.75, 3.05) is 11.9 Å². The molecule has 2 aromatic rings. The van der Waals surface area contributed by atoms with Gasteiger partial charge in [0.15, 0.2) is 0 Å². The number of fused-ring (bicyclic) bond motifs is 3. The van der Waals surface area contributed by atoms with Crippen LogP contribution in [-0.4, -0.2) is 17.4 Å². The molecule has 0 spiro atoms. The number of hydrogen-bond donors (Lipinski definition) is 2. The molecule has 1 aliphatic heterocycles. The third-order valence-electron chi connectivity index (χ3n) is 3.05. The summed E-state index contributed by atoms with van der Waals surface area (Å²) < 4.78 is 0. The zero-order chi connectivity index (χ0) is 11.8. The summed E-state index contributed by atoms with van der Waals surface area (Å²) in [6.07, 6.45) is 1.76. The molecule has 0 saturated heterocycles. The standard InChI is InChI=1S/C13H13N3O/c1-2-14-12-9-5-6-10-8(4-3-7-15-10)11(9)16-13(12)17/h3-7,12,14H,2H2,1H3,(H,16,17). The number of amides is 1.